The maximum absolute atomic E-state index is 12.4. The molecule has 0 saturated heterocycles. The lowest BCUT2D eigenvalue weighted by atomic mass is 10.1. The Hall–Kier alpha value is -3.48. The Kier molecular flexibility index (Phi) is 4.30. The van der Waals surface area contributed by atoms with E-state index in [0.29, 0.717) is 33.7 Å². The molecule has 1 heterocycles. The summed E-state index contributed by atoms with van der Waals surface area (Å²) >= 11 is 0. The number of anilines is 1. The zero-order valence-corrected chi connectivity index (χ0v) is 13.5. The molecule has 0 aliphatic heterocycles. The topological polar surface area (TPSA) is 98.0 Å². The molecule has 0 radical (unpaired) electrons. The van der Waals surface area contributed by atoms with E-state index in [-0.39, 0.29) is 11.7 Å². The molecular weight excluding hydrogens is 326 g/mol. The van der Waals surface area contributed by atoms with Crippen molar-refractivity contribution in [1.82, 2.24) is 0 Å². The zero-order chi connectivity index (χ0) is 18.0. The molecule has 1 aromatic heterocycles. The maximum atomic E-state index is 12.4. The van der Waals surface area contributed by atoms with Crippen molar-refractivity contribution in [3.63, 3.8) is 0 Å². The van der Waals surface area contributed by atoms with E-state index >= 15 is 0 Å². The van der Waals surface area contributed by atoms with E-state index in [9.17, 15) is 9.59 Å². The van der Waals surface area contributed by atoms with Crippen LogP contribution in [0, 0.1) is 0 Å². The summed E-state index contributed by atoms with van der Waals surface area (Å²) in [5.41, 5.74) is 1.35. The van der Waals surface area contributed by atoms with Crippen molar-refractivity contribution < 1.29 is 28.6 Å². The normalized spacial score (nSPS) is 10.5. The van der Waals surface area contributed by atoms with Crippen LogP contribution >= 0.6 is 0 Å². The number of carboxylic acids is 1. The summed E-state index contributed by atoms with van der Waals surface area (Å²) in [7, 11) is 3.01. The van der Waals surface area contributed by atoms with Gasteiger partial charge in [-0.1, -0.05) is 0 Å². The molecule has 0 aliphatic rings. The summed E-state index contributed by atoms with van der Waals surface area (Å²) in [4.78, 5) is 23.4. The van der Waals surface area contributed by atoms with E-state index in [2.05, 4.69) is 5.32 Å². The second kappa shape index (κ2) is 6.56. The van der Waals surface area contributed by atoms with Crippen LogP contribution in [0.3, 0.4) is 0 Å². The molecule has 0 saturated carbocycles. The van der Waals surface area contributed by atoms with Crippen molar-refractivity contribution in [3.8, 4) is 11.5 Å². The van der Waals surface area contributed by atoms with Crippen LogP contribution in [0.25, 0.3) is 11.0 Å². The van der Waals surface area contributed by atoms with Crippen LogP contribution in [0.5, 0.6) is 11.5 Å². The van der Waals surface area contributed by atoms with Gasteiger partial charge >= 0.3 is 5.97 Å². The minimum atomic E-state index is -1.15. The highest BCUT2D eigenvalue weighted by molar-refractivity contribution is 6.05. The molecule has 7 heteroatoms. The molecule has 7 nitrogen and oxygen atoms in total. The van der Waals surface area contributed by atoms with Gasteiger partial charge in [-0.2, -0.15) is 0 Å². The Morgan fingerprint density at radius 3 is 2.44 bits per heavy atom. The fourth-order valence-corrected chi connectivity index (χ4v) is 2.41. The van der Waals surface area contributed by atoms with E-state index < -0.39 is 5.97 Å². The maximum Gasteiger partial charge on any atom is 0.371 e. The van der Waals surface area contributed by atoms with Gasteiger partial charge < -0.3 is 24.3 Å². The fourth-order valence-electron chi connectivity index (χ4n) is 2.41. The van der Waals surface area contributed by atoms with Crippen LogP contribution in [0.15, 0.2) is 46.9 Å². The predicted molar refractivity (Wildman–Crippen MR) is 90.7 cm³/mol. The Balaban J connectivity index is 1.85. The largest absolute Gasteiger partial charge is 0.493 e. The molecule has 0 unspecified atom stereocenters. The molecule has 25 heavy (non-hydrogen) atoms. The molecule has 0 fully saturated rings. The van der Waals surface area contributed by atoms with Crippen LogP contribution < -0.4 is 14.8 Å². The van der Waals surface area contributed by atoms with Crippen LogP contribution in [0.1, 0.15) is 20.9 Å². The van der Waals surface area contributed by atoms with Gasteiger partial charge in [0, 0.05) is 16.6 Å². The number of methoxy groups -OCH3 is 2. The van der Waals surface area contributed by atoms with Gasteiger partial charge in [0.15, 0.2) is 11.5 Å². The van der Waals surface area contributed by atoms with Crippen molar-refractivity contribution in [1.29, 1.82) is 0 Å². The fraction of sp³-hybridized carbons (Fsp3) is 0.111. The first kappa shape index (κ1) is 16.4. The monoisotopic (exact) mass is 341 g/mol. The van der Waals surface area contributed by atoms with E-state index in [0.717, 1.165) is 0 Å². The highest BCUT2D eigenvalue weighted by Gasteiger charge is 2.13. The Labute approximate surface area is 142 Å². The van der Waals surface area contributed by atoms with Crippen LogP contribution in [0.2, 0.25) is 0 Å². The van der Waals surface area contributed by atoms with Crippen LogP contribution in [-0.4, -0.2) is 31.2 Å². The molecule has 0 bridgehead atoms. The number of carbonyl (C=O) groups excluding carboxylic acids is 1. The van der Waals surface area contributed by atoms with Gasteiger partial charge in [-0.25, -0.2) is 4.79 Å². The van der Waals surface area contributed by atoms with Crippen molar-refractivity contribution in [2.45, 2.75) is 0 Å². The number of nitrogens with one attached hydrogen (secondary N) is 1. The van der Waals surface area contributed by atoms with Crippen molar-refractivity contribution >= 4 is 28.5 Å². The number of amides is 1. The molecule has 0 atom stereocenters. The predicted octanol–water partition coefficient (Wildman–Crippen LogP) is 3.40. The van der Waals surface area contributed by atoms with Crippen molar-refractivity contribution in [2.75, 3.05) is 19.5 Å². The number of carbonyl (C=O) groups is 2. The van der Waals surface area contributed by atoms with Gasteiger partial charge in [0.1, 0.15) is 5.58 Å². The standard InChI is InChI=1S/C18H15NO6/c1-23-14-5-3-10(8-15(14)24-2)17(20)19-12-4-6-13-11(7-12)9-16(25-13)18(21)22/h3-9H,1-2H3,(H,19,20)(H,21,22). The highest BCUT2D eigenvalue weighted by Crippen LogP contribution is 2.28. The average molecular weight is 341 g/mol. The summed E-state index contributed by atoms with van der Waals surface area (Å²) in [6, 6.07) is 11.1. The summed E-state index contributed by atoms with van der Waals surface area (Å²) in [6.45, 7) is 0. The lowest BCUT2D eigenvalue weighted by molar-refractivity contribution is 0.0665. The Morgan fingerprint density at radius 2 is 1.76 bits per heavy atom. The molecule has 2 aromatic carbocycles. The smallest absolute Gasteiger partial charge is 0.371 e. The first-order valence-corrected chi connectivity index (χ1v) is 7.32. The zero-order valence-electron chi connectivity index (χ0n) is 13.5. The molecular formula is C18H15NO6. The minimum Gasteiger partial charge on any atom is -0.493 e. The van der Waals surface area contributed by atoms with Gasteiger partial charge in [-0.3, -0.25) is 4.79 Å². The quantitative estimate of drug-likeness (QED) is 0.738. The van der Waals surface area contributed by atoms with Gasteiger partial charge in [-0.05, 0) is 42.5 Å². The summed E-state index contributed by atoms with van der Waals surface area (Å²) in [5, 5.41) is 12.3. The lowest BCUT2D eigenvalue weighted by Crippen LogP contribution is -2.12. The third kappa shape index (κ3) is 3.25. The third-order valence-electron chi connectivity index (χ3n) is 3.63. The lowest BCUT2D eigenvalue weighted by Gasteiger charge is -2.10. The summed E-state index contributed by atoms with van der Waals surface area (Å²) in [6.07, 6.45) is 0. The molecule has 0 aliphatic carbocycles. The number of benzene rings is 2. The average Bonchev–Trinajstić information content (AvgIpc) is 3.04. The van der Waals surface area contributed by atoms with E-state index in [1.54, 1.807) is 36.4 Å². The number of carboxylic acid groups (broad SMARTS) is 1. The van der Waals surface area contributed by atoms with E-state index in [4.69, 9.17) is 19.0 Å². The first-order chi connectivity index (χ1) is 12.0. The van der Waals surface area contributed by atoms with Gasteiger partial charge in [0.25, 0.3) is 5.91 Å². The number of furan rings is 1. The molecule has 128 valence electrons. The summed E-state index contributed by atoms with van der Waals surface area (Å²) in [5.74, 6) is -0.653. The van der Waals surface area contributed by atoms with Gasteiger partial charge in [-0.15, -0.1) is 0 Å². The number of ether oxygens (including phenoxy) is 2. The van der Waals surface area contributed by atoms with Gasteiger partial charge in [0.05, 0.1) is 14.2 Å². The van der Waals surface area contributed by atoms with Crippen molar-refractivity contribution in [3.05, 3.63) is 53.8 Å². The Bertz CT molecular complexity index is 959. The summed E-state index contributed by atoms with van der Waals surface area (Å²) < 4.78 is 15.5. The molecule has 3 aromatic rings. The third-order valence-corrected chi connectivity index (χ3v) is 3.63. The van der Waals surface area contributed by atoms with Gasteiger partial charge in [0.2, 0.25) is 5.76 Å². The Morgan fingerprint density at radius 1 is 1.00 bits per heavy atom. The molecule has 1 amide bonds. The first-order valence-electron chi connectivity index (χ1n) is 7.32. The van der Waals surface area contributed by atoms with Crippen LogP contribution in [0.4, 0.5) is 5.69 Å². The van der Waals surface area contributed by atoms with E-state index in [1.807, 2.05) is 0 Å². The number of fused-ring (bicyclic) bond motifs is 1. The van der Waals surface area contributed by atoms with E-state index in [1.165, 1.54) is 20.3 Å². The molecule has 0 spiro atoms. The SMILES string of the molecule is COc1ccc(C(=O)Nc2ccc3oc(C(=O)O)cc3c2)cc1OC. The second-order valence-corrected chi connectivity index (χ2v) is 5.19. The molecule has 2 N–H and O–H groups in total. The second-order valence-electron chi connectivity index (χ2n) is 5.19. The number of hydrogen-bond donors (Lipinski definition) is 2. The number of hydrogen-bond acceptors (Lipinski definition) is 5. The molecule has 3 rings (SSSR count). The van der Waals surface area contributed by atoms with Crippen molar-refractivity contribution in [2.24, 2.45) is 0 Å². The minimum absolute atomic E-state index is 0.154. The number of rotatable bonds is 5. The highest BCUT2D eigenvalue weighted by atomic mass is 16.5. The van der Waals surface area contributed by atoms with Crippen LogP contribution in [-0.2, 0) is 0 Å². The number of aromatic carboxylic acids is 1.